The molecule has 5 aromatic rings. The first kappa shape index (κ1) is 20.6. The average molecular weight is 476 g/mol. The summed E-state index contributed by atoms with van der Waals surface area (Å²) in [4.78, 5) is 11.7. The molecule has 0 aliphatic heterocycles. The van der Waals surface area contributed by atoms with Gasteiger partial charge in [0.15, 0.2) is 0 Å². The molecule has 4 aromatic heterocycles. The Hall–Kier alpha value is -3.04. The number of nitrogens with zero attached hydrogens (tertiary/aromatic N) is 5. The minimum atomic E-state index is 0.415. The second-order valence-electron chi connectivity index (χ2n) is 8.33. The Bertz CT molecular complexity index is 1440. The summed E-state index contributed by atoms with van der Waals surface area (Å²) >= 11 is 3.43. The van der Waals surface area contributed by atoms with Gasteiger partial charge in [0, 0.05) is 15.8 Å². The van der Waals surface area contributed by atoms with Crippen LogP contribution in [0.5, 0.6) is 0 Å². The molecule has 7 nitrogen and oxygen atoms in total. The number of benzene rings is 1. The van der Waals surface area contributed by atoms with E-state index in [2.05, 4.69) is 32.2 Å². The maximum Gasteiger partial charge on any atom is 0.253 e. The number of hydrogen-bond donors (Lipinski definition) is 0. The predicted octanol–water partition coefficient (Wildman–Crippen LogP) is 6.12. The highest BCUT2D eigenvalue weighted by Crippen LogP contribution is 2.41. The third kappa shape index (κ3) is 3.75. The standard InChI is InChI=1S/C24H21N5O2S2/c1-13-8-9-16-17(10-13)33-24-20(16)23(25-12-26-24)32-11-18-27-28-22(30-18)19-14(2)31-29-21(19)15-6-4-3-5-7-15/h3-7,12-13H,8-11H2,1-2H3/t13-/m1/s1. The van der Waals surface area contributed by atoms with E-state index in [1.165, 1.54) is 22.2 Å². The molecule has 0 N–H and O–H groups in total. The quantitative estimate of drug-likeness (QED) is 0.222. The minimum Gasteiger partial charge on any atom is -0.420 e. The number of aromatic nitrogens is 5. The predicted molar refractivity (Wildman–Crippen MR) is 128 cm³/mol. The van der Waals surface area contributed by atoms with E-state index < -0.39 is 0 Å². The molecule has 6 rings (SSSR count). The molecule has 0 amide bonds. The Kier molecular flexibility index (Phi) is 5.22. The van der Waals surface area contributed by atoms with E-state index in [-0.39, 0.29) is 0 Å². The number of aryl methyl sites for hydroxylation is 2. The van der Waals surface area contributed by atoms with Crippen molar-refractivity contribution in [2.75, 3.05) is 0 Å². The average Bonchev–Trinajstić information content (AvgIpc) is 3.54. The fourth-order valence-corrected chi connectivity index (χ4v) is 6.59. The lowest BCUT2D eigenvalue weighted by molar-refractivity contribution is 0.399. The highest BCUT2D eigenvalue weighted by molar-refractivity contribution is 7.98. The van der Waals surface area contributed by atoms with Crippen molar-refractivity contribution in [2.24, 2.45) is 5.92 Å². The van der Waals surface area contributed by atoms with Gasteiger partial charge in [0.1, 0.15) is 33.2 Å². The lowest BCUT2D eigenvalue weighted by atomic mass is 9.89. The summed E-state index contributed by atoms with van der Waals surface area (Å²) in [5, 5.41) is 15.0. The van der Waals surface area contributed by atoms with Crippen molar-refractivity contribution >= 4 is 33.3 Å². The summed E-state index contributed by atoms with van der Waals surface area (Å²) in [5.74, 6) is 2.86. The molecule has 0 unspecified atom stereocenters. The Balaban J connectivity index is 1.27. The van der Waals surface area contributed by atoms with Gasteiger partial charge >= 0.3 is 0 Å². The number of hydrogen-bond acceptors (Lipinski definition) is 9. The SMILES string of the molecule is Cc1onc(-c2ccccc2)c1-c1nnc(CSc2ncnc3sc4c(c23)CC[C@@H](C)C4)o1. The molecule has 0 fully saturated rings. The Morgan fingerprint density at radius 2 is 2.03 bits per heavy atom. The summed E-state index contributed by atoms with van der Waals surface area (Å²) in [6.07, 6.45) is 5.10. The third-order valence-electron chi connectivity index (χ3n) is 5.98. The molecule has 0 spiro atoms. The van der Waals surface area contributed by atoms with E-state index in [0.29, 0.717) is 29.0 Å². The molecule has 166 valence electrons. The molecule has 0 bridgehead atoms. The summed E-state index contributed by atoms with van der Waals surface area (Å²) in [6.45, 7) is 4.17. The third-order valence-corrected chi connectivity index (χ3v) is 8.12. The zero-order valence-electron chi connectivity index (χ0n) is 18.2. The van der Waals surface area contributed by atoms with Crippen molar-refractivity contribution in [1.29, 1.82) is 0 Å². The van der Waals surface area contributed by atoms with E-state index >= 15 is 0 Å². The second kappa shape index (κ2) is 8.39. The molecule has 0 saturated carbocycles. The van der Waals surface area contributed by atoms with Gasteiger partial charge in [-0.15, -0.1) is 21.5 Å². The highest BCUT2D eigenvalue weighted by Gasteiger charge is 2.24. The molecule has 0 radical (unpaired) electrons. The zero-order chi connectivity index (χ0) is 22.4. The lowest BCUT2D eigenvalue weighted by Gasteiger charge is -2.18. The molecular formula is C24H21N5O2S2. The van der Waals surface area contributed by atoms with Gasteiger partial charge < -0.3 is 8.94 Å². The summed E-state index contributed by atoms with van der Waals surface area (Å²) in [5.41, 5.74) is 3.80. The van der Waals surface area contributed by atoms with Gasteiger partial charge in [-0.05, 0) is 37.7 Å². The van der Waals surface area contributed by atoms with Crippen LogP contribution in [-0.4, -0.2) is 25.3 Å². The van der Waals surface area contributed by atoms with Gasteiger partial charge in [0.05, 0.1) is 5.75 Å². The maximum atomic E-state index is 6.03. The van der Waals surface area contributed by atoms with Crippen LogP contribution in [0.25, 0.3) is 32.9 Å². The first-order chi connectivity index (χ1) is 16.2. The van der Waals surface area contributed by atoms with Crippen LogP contribution >= 0.6 is 23.1 Å². The van der Waals surface area contributed by atoms with E-state index in [1.54, 1.807) is 18.1 Å². The van der Waals surface area contributed by atoms with Gasteiger partial charge in [-0.2, -0.15) is 0 Å². The summed E-state index contributed by atoms with van der Waals surface area (Å²) < 4.78 is 11.5. The van der Waals surface area contributed by atoms with Crippen molar-refractivity contribution in [3.63, 3.8) is 0 Å². The van der Waals surface area contributed by atoms with Gasteiger partial charge in [-0.1, -0.05) is 54.2 Å². The Morgan fingerprint density at radius 3 is 2.91 bits per heavy atom. The zero-order valence-corrected chi connectivity index (χ0v) is 19.9. The number of thioether (sulfide) groups is 1. The van der Waals surface area contributed by atoms with Crippen molar-refractivity contribution < 1.29 is 8.94 Å². The van der Waals surface area contributed by atoms with E-state index in [0.717, 1.165) is 39.7 Å². The van der Waals surface area contributed by atoms with Crippen LogP contribution in [0.15, 0.2) is 50.6 Å². The van der Waals surface area contributed by atoms with E-state index in [1.807, 2.05) is 48.6 Å². The van der Waals surface area contributed by atoms with Crippen LogP contribution in [0.1, 0.15) is 35.4 Å². The molecule has 1 aromatic carbocycles. The van der Waals surface area contributed by atoms with E-state index in [9.17, 15) is 0 Å². The van der Waals surface area contributed by atoms with Gasteiger partial charge in [-0.25, -0.2) is 9.97 Å². The first-order valence-corrected chi connectivity index (χ1v) is 12.7. The monoisotopic (exact) mass is 475 g/mol. The van der Waals surface area contributed by atoms with Gasteiger partial charge in [0.25, 0.3) is 5.89 Å². The molecule has 1 aliphatic rings. The first-order valence-electron chi connectivity index (χ1n) is 10.9. The lowest BCUT2D eigenvalue weighted by Crippen LogP contribution is -2.08. The summed E-state index contributed by atoms with van der Waals surface area (Å²) in [7, 11) is 0. The number of thiophene rings is 1. The largest absolute Gasteiger partial charge is 0.420 e. The van der Waals surface area contributed by atoms with Gasteiger partial charge in [-0.3, -0.25) is 0 Å². The molecular weight excluding hydrogens is 454 g/mol. The molecule has 9 heteroatoms. The van der Waals surface area contributed by atoms with Crippen LogP contribution in [0.4, 0.5) is 0 Å². The normalized spacial score (nSPS) is 15.8. The Labute approximate surface area is 198 Å². The van der Waals surface area contributed by atoms with Crippen LogP contribution in [0.2, 0.25) is 0 Å². The fourth-order valence-electron chi connectivity index (χ4n) is 4.32. The fraction of sp³-hybridized carbons (Fsp3) is 0.292. The van der Waals surface area contributed by atoms with Crippen LogP contribution in [0.3, 0.4) is 0 Å². The molecule has 1 aliphatic carbocycles. The van der Waals surface area contributed by atoms with Crippen molar-refractivity contribution in [1.82, 2.24) is 25.3 Å². The van der Waals surface area contributed by atoms with Crippen LogP contribution in [0, 0.1) is 12.8 Å². The Morgan fingerprint density at radius 1 is 1.15 bits per heavy atom. The molecule has 33 heavy (non-hydrogen) atoms. The van der Waals surface area contributed by atoms with E-state index in [4.69, 9.17) is 8.94 Å². The topological polar surface area (TPSA) is 90.7 Å². The molecule has 1 atom stereocenters. The van der Waals surface area contributed by atoms with Crippen molar-refractivity contribution in [3.8, 4) is 22.7 Å². The smallest absolute Gasteiger partial charge is 0.253 e. The van der Waals surface area contributed by atoms with Crippen LogP contribution < -0.4 is 0 Å². The van der Waals surface area contributed by atoms with Crippen molar-refractivity contribution in [2.45, 2.75) is 43.9 Å². The maximum absolute atomic E-state index is 6.03. The van der Waals surface area contributed by atoms with Crippen LogP contribution in [-0.2, 0) is 18.6 Å². The minimum absolute atomic E-state index is 0.415. The number of fused-ring (bicyclic) bond motifs is 3. The molecule has 4 heterocycles. The van der Waals surface area contributed by atoms with Crippen molar-refractivity contribution in [3.05, 3.63) is 58.8 Å². The second-order valence-corrected chi connectivity index (χ2v) is 10.4. The molecule has 0 saturated heterocycles. The summed E-state index contributed by atoms with van der Waals surface area (Å²) in [6, 6.07) is 9.86. The number of rotatable bonds is 5. The van der Waals surface area contributed by atoms with Gasteiger partial charge in [0.2, 0.25) is 5.89 Å². The highest BCUT2D eigenvalue weighted by atomic mass is 32.2.